The molecular formula is C14H22N2S. The Morgan fingerprint density at radius 3 is 2.82 bits per heavy atom. The summed E-state index contributed by atoms with van der Waals surface area (Å²) in [5.41, 5.74) is 3.14. The van der Waals surface area contributed by atoms with Crippen LogP contribution in [0.25, 0.3) is 0 Å². The summed E-state index contributed by atoms with van der Waals surface area (Å²) < 4.78 is 0. The van der Waals surface area contributed by atoms with Crippen LogP contribution < -0.4 is 5.32 Å². The molecule has 17 heavy (non-hydrogen) atoms. The van der Waals surface area contributed by atoms with E-state index in [-0.39, 0.29) is 0 Å². The zero-order chi connectivity index (χ0) is 12.3. The Labute approximate surface area is 108 Å². The first-order valence-electron chi connectivity index (χ1n) is 6.27. The largest absolute Gasteiger partial charge is 0.309 e. The summed E-state index contributed by atoms with van der Waals surface area (Å²) in [6.45, 7) is 7.88. The summed E-state index contributed by atoms with van der Waals surface area (Å²) in [4.78, 5) is 3.94. The van der Waals surface area contributed by atoms with Crippen LogP contribution in [0.15, 0.2) is 28.7 Å². The molecule has 2 nitrogen and oxygen atoms in total. The molecule has 1 aliphatic rings. The van der Waals surface area contributed by atoms with Crippen molar-refractivity contribution in [2.45, 2.75) is 26.3 Å². The fourth-order valence-electron chi connectivity index (χ4n) is 2.07. The molecule has 1 N–H and O–H groups in total. The summed E-state index contributed by atoms with van der Waals surface area (Å²) in [6, 6.07) is 4.98. The van der Waals surface area contributed by atoms with Crippen molar-refractivity contribution in [2.75, 3.05) is 26.7 Å². The summed E-state index contributed by atoms with van der Waals surface area (Å²) >= 11 is 1.86. The molecule has 0 aliphatic carbocycles. The molecule has 0 bridgehead atoms. The third kappa shape index (κ3) is 3.41. The van der Waals surface area contributed by atoms with E-state index in [1.54, 1.807) is 11.1 Å². The third-order valence-corrected chi connectivity index (χ3v) is 4.49. The fraction of sp³-hybridized carbons (Fsp3) is 0.571. The average Bonchev–Trinajstić information content (AvgIpc) is 2.67. The van der Waals surface area contributed by atoms with Gasteiger partial charge in [-0.05, 0) is 44.3 Å². The molecule has 1 atom stereocenters. The lowest BCUT2D eigenvalue weighted by Gasteiger charge is -2.28. The van der Waals surface area contributed by atoms with Crippen LogP contribution in [0.3, 0.4) is 0 Å². The molecule has 94 valence electrons. The standard InChI is InChI=1S/C14H22N2S/c1-11(13-8-15-9-13)10-16(3)12(2)7-14-5-4-6-17-14/h4-6,12,15H,7-10H2,1-3H3. The molecule has 1 aromatic heterocycles. The smallest absolute Gasteiger partial charge is 0.0193 e. The topological polar surface area (TPSA) is 15.3 Å². The van der Waals surface area contributed by atoms with Crippen molar-refractivity contribution in [1.82, 2.24) is 10.2 Å². The highest BCUT2D eigenvalue weighted by Crippen LogP contribution is 2.15. The zero-order valence-corrected chi connectivity index (χ0v) is 11.8. The normalized spacial score (nSPS) is 17.1. The van der Waals surface area contributed by atoms with Crippen LogP contribution >= 0.6 is 11.3 Å². The van der Waals surface area contributed by atoms with Crippen LogP contribution in [0.2, 0.25) is 0 Å². The van der Waals surface area contributed by atoms with Gasteiger partial charge in [-0.3, -0.25) is 4.90 Å². The first-order valence-corrected chi connectivity index (χ1v) is 7.15. The number of hydrogen-bond donors (Lipinski definition) is 1. The number of hydrogen-bond acceptors (Lipinski definition) is 3. The summed E-state index contributed by atoms with van der Waals surface area (Å²) in [7, 11) is 2.23. The van der Waals surface area contributed by atoms with E-state index in [0.29, 0.717) is 6.04 Å². The first kappa shape index (κ1) is 12.8. The van der Waals surface area contributed by atoms with Crippen LogP contribution in [-0.4, -0.2) is 37.6 Å². The van der Waals surface area contributed by atoms with Gasteiger partial charge in [-0.25, -0.2) is 0 Å². The Balaban J connectivity index is 1.84. The lowest BCUT2D eigenvalue weighted by atomic mass is 10.0. The number of thiophene rings is 1. The van der Waals surface area contributed by atoms with E-state index in [2.05, 4.69) is 48.6 Å². The van der Waals surface area contributed by atoms with Crippen molar-refractivity contribution in [3.05, 3.63) is 33.5 Å². The molecule has 1 saturated heterocycles. The number of nitrogens with one attached hydrogen (secondary N) is 1. The lowest BCUT2D eigenvalue weighted by Crippen LogP contribution is -2.38. The highest BCUT2D eigenvalue weighted by Gasteiger charge is 2.15. The Morgan fingerprint density at radius 1 is 1.53 bits per heavy atom. The van der Waals surface area contributed by atoms with Gasteiger partial charge in [-0.2, -0.15) is 0 Å². The van der Waals surface area contributed by atoms with Crippen molar-refractivity contribution >= 4 is 11.3 Å². The second-order valence-electron chi connectivity index (χ2n) is 5.04. The maximum absolute atomic E-state index is 3.31. The Hall–Kier alpha value is -0.640. The molecule has 2 heterocycles. The summed E-state index contributed by atoms with van der Waals surface area (Å²) in [5.74, 6) is 0. The molecule has 1 aliphatic heterocycles. The van der Waals surface area contributed by atoms with Gasteiger partial charge in [0.25, 0.3) is 0 Å². The van der Waals surface area contributed by atoms with Crippen molar-refractivity contribution in [1.29, 1.82) is 0 Å². The van der Waals surface area contributed by atoms with E-state index in [0.717, 1.165) is 26.1 Å². The maximum Gasteiger partial charge on any atom is 0.0193 e. The van der Waals surface area contributed by atoms with Gasteiger partial charge in [-0.1, -0.05) is 11.6 Å². The predicted octanol–water partition coefficient (Wildman–Crippen LogP) is 2.53. The van der Waals surface area contributed by atoms with Crippen LogP contribution in [0.1, 0.15) is 18.7 Å². The monoisotopic (exact) mass is 250 g/mol. The maximum atomic E-state index is 3.31. The van der Waals surface area contributed by atoms with Gasteiger partial charge >= 0.3 is 0 Å². The SMILES string of the molecule is CC(CN(C)C(C)Cc1cccs1)=C1CNC1. The molecule has 1 unspecified atom stereocenters. The molecule has 0 saturated carbocycles. The quantitative estimate of drug-likeness (QED) is 0.808. The Morgan fingerprint density at radius 2 is 2.29 bits per heavy atom. The van der Waals surface area contributed by atoms with E-state index >= 15 is 0 Å². The lowest BCUT2D eigenvalue weighted by molar-refractivity contribution is 0.276. The van der Waals surface area contributed by atoms with Gasteiger partial charge in [0.2, 0.25) is 0 Å². The minimum absolute atomic E-state index is 0.609. The summed E-state index contributed by atoms with van der Waals surface area (Å²) in [5, 5.41) is 5.47. The minimum Gasteiger partial charge on any atom is -0.309 e. The van der Waals surface area contributed by atoms with Crippen molar-refractivity contribution in [3.8, 4) is 0 Å². The second-order valence-corrected chi connectivity index (χ2v) is 6.07. The zero-order valence-electron chi connectivity index (χ0n) is 11.0. The van der Waals surface area contributed by atoms with Crippen molar-refractivity contribution in [2.24, 2.45) is 0 Å². The van der Waals surface area contributed by atoms with Gasteiger partial charge in [0.15, 0.2) is 0 Å². The van der Waals surface area contributed by atoms with Crippen LogP contribution in [0.4, 0.5) is 0 Å². The molecule has 0 amide bonds. The minimum atomic E-state index is 0.609. The van der Waals surface area contributed by atoms with Gasteiger partial charge < -0.3 is 5.32 Å². The first-order chi connectivity index (χ1) is 8.16. The highest BCUT2D eigenvalue weighted by atomic mass is 32.1. The fourth-order valence-corrected chi connectivity index (χ4v) is 2.90. The van der Waals surface area contributed by atoms with Crippen LogP contribution in [-0.2, 0) is 6.42 Å². The molecule has 1 aromatic rings. The Bertz CT molecular complexity index is 375. The molecule has 0 aromatic carbocycles. The Kier molecular flexibility index (Phi) is 4.37. The number of rotatable bonds is 5. The second kappa shape index (κ2) is 5.80. The molecule has 0 spiro atoms. The van der Waals surface area contributed by atoms with E-state index < -0.39 is 0 Å². The van der Waals surface area contributed by atoms with E-state index in [1.807, 2.05) is 11.3 Å². The van der Waals surface area contributed by atoms with E-state index in [4.69, 9.17) is 0 Å². The molecule has 0 radical (unpaired) electrons. The van der Waals surface area contributed by atoms with Gasteiger partial charge in [0, 0.05) is 30.6 Å². The van der Waals surface area contributed by atoms with Crippen molar-refractivity contribution in [3.63, 3.8) is 0 Å². The molecule has 1 fully saturated rings. The number of nitrogens with zero attached hydrogens (tertiary/aromatic N) is 1. The van der Waals surface area contributed by atoms with Gasteiger partial charge in [0.05, 0.1) is 0 Å². The highest BCUT2D eigenvalue weighted by molar-refractivity contribution is 7.09. The van der Waals surface area contributed by atoms with Gasteiger partial charge in [0.1, 0.15) is 0 Å². The van der Waals surface area contributed by atoms with E-state index in [9.17, 15) is 0 Å². The average molecular weight is 250 g/mol. The van der Waals surface area contributed by atoms with E-state index in [1.165, 1.54) is 4.88 Å². The molecular weight excluding hydrogens is 228 g/mol. The van der Waals surface area contributed by atoms with Crippen molar-refractivity contribution < 1.29 is 0 Å². The van der Waals surface area contributed by atoms with Crippen LogP contribution in [0, 0.1) is 0 Å². The summed E-state index contributed by atoms with van der Waals surface area (Å²) in [6.07, 6.45) is 1.16. The number of likely N-dealkylation sites (N-methyl/N-ethyl adjacent to an activating group) is 1. The molecule has 3 heteroatoms. The predicted molar refractivity (Wildman–Crippen MR) is 75.7 cm³/mol. The molecule has 2 rings (SSSR count). The third-order valence-electron chi connectivity index (χ3n) is 3.60. The van der Waals surface area contributed by atoms with Gasteiger partial charge in [-0.15, -0.1) is 11.3 Å². The van der Waals surface area contributed by atoms with Crippen LogP contribution in [0.5, 0.6) is 0 Å².